The van der Waals surface area contributed by atoms with Crippen LogP contribution in [-0.4, -0.2) is 12.1 Å². The topological polar surface area (TPSA) is 34.1 Å². The fourth-order valence-corrected chi connectivity index (χ4v) is 2.49. The number of methoxy groups -OCH3 is 1. The molecule has 0 atom stereocenters. The zero-order valence-electron chi connectivity index (χ0n) is 9.78. The maximum atomic E-state index is 6.16. The highest BCUT2D eigenvalue weighted by Gasteiger charge is 2.05. The van der Waals surface area contributed by atoms with Crippen molar-refractivity contribution in [3.8, 4) is 5.88 Å². The molecule has 2 rings (SSSR count). The van der Waals surface area contributed by atoms with Crippen LogP contribution in [0.1, 0.15) is 5.56 Å². The number of rotatable bonds is 4. The number of ether oxygens (including phenoxy) is 1. The summed E-state index contributed by atoms with van der Waals surface area (Å²) in [5.41, 5.74) is 1.90. The van der Waals surface area contributed by atoms with Gasteiger partial charge in [-0.25, -0.2) is 4.98 Å². The van der Waals surface area contributed by atoms with Gasteiger partial charge in [-0.05, 0) is 46.9 Å². The molecule has 0 unspecified atom stereocenters. The maximum Gasteiger partial charge on any atom is 0.218 e. The van der Waals surface area contributed by atoms with Crippen molar-refractivity contribution >= 4 is 39.9 Å². The zero-order valence-corrected chi connectivity index (χ0v) is 12.7. The van der Waals surface area contributed by atoms with Gasteiger partial charge in [0.1, 0.15) is 0 Å². The Bertz CT molecular complexity index is 548. The standard InChI is InChI=1S/C13H12ClIN2O/c1-18-13-9(3-2-6-16-13)8-17-12-5-4-10(15)7-11(12)14/h2-7,17H,8H2,1H3. The molecule has 2 aromatic rings. The molecule has 1 aromatic heterocycles. The van der Waals surface area contributed by atoms with E-state index in [0.29, 0.717) is 17.4 Å². The summed E-state index contributed by atoms with van der Waals surface area (Å²) in [5, 5.41) is 3.99. The van der Waals surface area contributed by atoms with Crippen LogP contribution in [0.2, 0.25) is 5.02 Å². The van der Waals surface area contributed by atoms with E-state index in [9.17, 15) is 0 Å². The fraction of sp³-hybridized carbons (Fsp3) is 0.154. The number of hydrogen-bond acceptors (Lipinski definition) is 3. The Morgan fingerprint density at radius 3 is 2.94 bits per heavy atom. The van der Waals surface area contributed by atoms with Crippen LogP contribution in [0.3, 0.4) is 0 Å². The van der Waals surface area contributed by atoms with Gasteiger partial charge in [-0.3, -0.25) is 0 Å². The molecule has 0 aliphatic carbocycles. The predicted molar refractivity (Wildman–Crippen MR) is 82.3 cm³/mol. The monoisotopic (exact) mass is 374 g/mol. The van der Waals surface area contributed by atoms with E-state index < -0.39 is 0 Å². The van der Waals surface area contributed by atoms with E-state index in [2.05, 4.69) is 32.9 Å². The van der Waals surface area contributed by atoms with E-state index in [0.717, 1.165) is 14.8 Å². The SMILES string of the molecule is COc1ncccc1CNc1ccc(I)cc1Cl. The highest BCUT2D eigenvalue weighted by Crippen LogP contribution is 2.25. The van der Waals surface area contributed by atoms with Crippen molar-refractivity contribution < 1.29 is 4.74 Å². The Morgan fingerprint density at radius 2 is 2.22 bits per heavy atom. The van der Waals surface area contributed by atoms with Crippen LogP contribution < -0.4 is 10.1 Å². The van der Waals surface area contributed by atoms with E-state index in [4.69, 9.17) is 16.3 Å². The Labute approximate surface area is 125 Å². The third-order valence-corrected chi connectivity index (χ3v) is 3.43. The van der Waals surface area contributed by atoms with Crippen LogP contribution >= 0.6 is 34.2 Å². The Hall–Kier alpha value is -1.01. The molecular formula is C13H12ClIN2O. The molecule has 0 bridgehead atoms. The number of hydrogen-bond donors (Lipinski definition) is 1. The van der Waals surface area contributed by atoms with Crippen molar-refractivity contribution in [2.45, 2.75) is 6.54 Å². The summed E-state index contributed by atoms with van der Waals surface area (Å²) >= 11 is 8.39. The third kappa shape index (κ3) is 3.26. The summed E-state index contributed by atoms with van der Waals surface area (Å²) < 4.78 is 6.31. The van der Waals surface area contributed by atoms with Gasteiger partial charge < -0.3 is 10.1 Å². The van der Waals surface area contributed by atoms with Gasteiger partial charge in [0.25, 0.3) is 0 Å². The molecule has 0 saturated heterocycles. The second-order valence-corrected chi connectivity index (χ2v) is 5.30. The van der Waals surface area contributed by atoms with Gasteiger partial charge >= 0.3 is 0 Å². The van der Waals surface area contributed by atoms with Gasteiger partial charge in [-0.15, -0.1) is 0 Å². The molecule has 0 aliphatic heterocycles. The van der Waals surface area contributed by atoms with Gasteiger partial charge in [-0.1, -0.05) is 17.7 Å². The Morgan fingerprint density at radius 1 is 1.39 bits per heavy atom. The quantitative estimate of drug-likeness (QED) is 0.823. The van der Waals surface area contributed by atoms with Crippen molar-refractivity contribution in [2.75, 3.05) is 12.4 Å². The number of benzene rings is 1. The second-order valence-electron chi connectivity index (χ2n) is 3.65. The average molecular weight is 375 g/mol. The van der Waals surface area contributed by atoms with Crippen LogP contribution in [0.4, 0.5) is 5.69 Å². The normalized spacial score (nSPS) is 10.2. The molecule has 94 valence electrons. The summed E-state index contributed by atoms with van der Waals surface area (Å²) in [6, 6.07) is 9.75. The minimum absolute atomic E-state index is 0.622. The Kier molecular flexibility index (Phi) is 4.66. The largest absolute Gasteiger partial charge is 0.481 e. The summed E-state index contributed by atoms with van der Waals surface area (Å²) in [7, 11) is 1.61. The molecule has 1 aromatic carbocycles. The van der Waals surface area contributed by atoms with Crippen LogP contribution in [-0.2, 0) is 6.54 Å². The number of nitrogens with one attached hydrogen (secondary N) is 1. The van der Waals surface area contributed by atoms with Gasteiger partial charge in [-0.2, -0.15) is 0 Å². The van der Waals surface area contributed by atoms with Crippen molar-refractivity contribution in [3.05, 3.63) is 50.7 Å². The number of pyridine rings is 1. The van der Waals surface area contributed by atoms with Gasteiger partial charge in [0.2, 0.25) is 5.88 Å². The lowest BCUT2D eigenvalue weighted by molar-refractivity contribution is 0.393. The zero-order chi connectivity index (χ0) is 13.0. The molecule has 1 heterocycles. The Balaban J connectivity index is 2.11. The molecule has 18 heavy (non-hydrogen) atoms. The van der Waals surface area contributed by atoms with Crippen LogP contribution in [0.15, 0.2) is 36.5 Å². The highest BCUT2D eigenvalue weighted by atomic mass is 127. The number of halogens is 2. The number of aromatic nitrogens is 1. The average Bonchev–Trinajstić information content (AvgIpc) is 2.38. The molecule has 1 N–H and O–H groups in total. The molecular weight excluding hydrogens is 363 g/mol. The molecule has 0 fully saturated rings. The first-order valence-corrected chi connectivity index (χ1v) is 6.83. The van der Waals surface area contributed by atoms with Crippen LogP contribution in [0, 0.1) is 3.57 Å². The van der Waals surface area contributed by atoms with E-state index in [1.807, 2.05) is 30.3 Å². The first-order chi connectivity index (χ1) is 8.70. The number of nitrogens with zero attached hydrogens (tertiary/aromatic N) is 1. The van der Waals surface area contributed by atoms with E-state index in [-0.39, 0.29) is 0 Å². The van der Waals surface area contributed by atoms with E-state index in [1.54, 1.807) is 13.3 Å². The lowest BCUT2D eigenvalue weighted by Crippen LogP contribution is -2.03. The first-order valence-electron chi connectivity index (χ1n) is 5.37. The minimum atomic E-state index is 0.622. The van der Waals surface area contributed by atoms with Gasteiger partial charge in [0.05, 0.1) is 17.8 Å². The summed E-state index contributed by atoms with van der Waals surface area (Å²) in [5.74, 6) is 0.631. The smallest absolute Gasteiger partial charge is 0.218 e. The van der Waals surface area contributed by atoms with Gasteiger partial charge in [0, 0.05) is 21.9 Å². The van der Waals surface area contributed by atoms with Crippen molar-refractivity contribution in [1.29, 1.82) is 0 Å². The highest BCUT2D eigenvalue weighted by molar-refractivity contribution is 14.1. The van der Waals surface area contributed by atoms with Crippen LogP contribution in [0.5, 0.6) is 5.88 Å². The van der Waals surface area contributed by atoms with Crippen molar-refractivity contribution in [1.82, 2.24) is 4.98 Å². The molecule has 3 nitrogen and oxygen atoms in total. The van der Waals surface area contributed by atoms with E-state index >= 15 is 0 Å². The lowest BCUT2D eigenvalue weighted by atomic mass is 10.2. The van der Waals surface area contributed by atoms with E-state index in [1.165, 1.54) is 0 Å². The maximum absolute atomic E-state index is 6.16. The number of anilines is 1. The van der Waals surface area contributed by atoms with Crippen LogP contribution in [0.25, 0.3) is 0 Å². The van der Waals surface area contributed by atoms with Crippen molar-refractivity contribution in [3.63, 3.8) is 0 Å². The minimum Gasteiger partial charge on any atom is -0.481 e. The first kappa shape index (κ1) is 13.4. The fourth-order valence-electron chi connectivity index (χ4n) is 1.57. The second kappa shape index (κ2) is 6.24. The molecule has 5 heteroatoms. The summed E-state index contributed by atoms with van der Waals surface area (Å²) in [6.07, 6.45) is 1.71. The molecule has 0 amide bonds. The lowest BCUT2D eigenvalue weighted by Gasteiger charge is -2.10. The molecule has 0 spiro atoms. The van der Waals surface area contributed by atoms with Crippen molar-refractivity contribution in [2.24, 2.45) is 0 Å². The van der Waals surface area contributed by atoms with Gasteiger partial charge in [0.15, 0.2) is 0 Å². The third-order valence-electron chi connectivity index (χ3n) is 2.44. The molecule has 0 aliphatic rings. The predicted octanol–water partition coefficient (Wildman–Crippen LogP) is 3.96. The summed E-state index contributed by atoms with van der Waals surface area (Å²) in [4.78, 5) is 4.15. The molecule has 0 radical (unpaired) electrons. The summed E-state index contributed by atoms with van der Waals surface area (Å²) in [6.45, 7) is 0.622. The molecule has 0 saturated carbocycles.